The number of anilines is 1. The number of nitrogens with zero attached hydrogens (tertiary/aromatic N) is 1. The first-order valence-corrected chi connectivity index (χ1v) is 10.8. The number of carbonyl (C=O) groups excluding carboxylic acids is 1. The number of benzene rings is 3. The normalized spacial score (nSPS) is 14.1. The summed E-state index contributed by atoms with van der Waals surface area (Å²) >= 11 is 6.06. The van der Waals surface area contributed by atoms with Crippen molar-refractivity contribution < 1.29 is 14.3 Å². The van der Waals surface area contributed by atoms with Crippen LogP contribution in [0.4, 0.5) is 5.69 Å². The smallest absolute Gasteiger partial charge is 0.258 e. The van der Waals surface area contributed by atoms with Crippen LogP contribution in [0, 0.1) is 0 Å². The quantitative estimate of drug-likeness (QED) is 0.415. The van der Waals surface area contributed by atoms with Crippen molar-refractivity contribution in [2.24, 2.45) is 0 Å². The number of halogens is 1. The lowest BCUT2D eigenvalue weighted by Crippen LogP contribution is -2.25. The molecule has 0 aromatic heterocycles. The van der Waals surface area contributed by atoms with Crippen molar-refractivity contribution in [2.75, 3.05) is 18.1 Å². The highest BCUT2D eigenvalue weighted by Gasteiger charge is 2.30. The fourth-order valence-corrected chi connectivity index (χ4v) is 3.93. The Bertz CT molecular complexity index is 1140. The van der Waals surface area contributed by atoms with E-state index in [0.717, 1.165) is 22.4 Å². The van der Waals surface area contributed by atoms with Gasteiger partial charge in [-0.2, -0.15) is 0 Å². The summed E-state index contributed by atoms with van der Waals surface area (Å²) in [5.41, 5.74) is 4.46. The highest BCUT2D eigenvalue weighted by Crippen LogP contribution is 2.38. The minimum Gasteiger partial charge on any atom is -0.490 e. The second kappa shape index (κ2) is 9.27. The van der Waals surface area contributed by atoms with Crippen LogP contribution in [0.15, 0.2) is 66.7 Å². The molecule has 4 rings (SSSR count). The Morgan fingerprint density at radius 1 is 0.935 bits per heavy atom. The van der Waals surface area contributed by atoms with E-state index in [-0.39, 0.29) is 5.91 Å². The summed E-state index contributed by atoms with van der Waals surface area (Å²) in [5.74, 6) is 1.31. The van der Waals surface area contributed by atoms with Gasteiger partial charge in [0, 0.05) is 22.7 Å². The molecule has 0 unspecified atom stereocenters. The molecular weight excluding hydrogens is 410 g/mol. The summed E-state index contributed by atoms with van der Waals surface area (Å²) in [5, 5.41) is 0.677. The largest absolute Gasteiger partial charge is 0.490 e. The van der Waals surface area contributed by atoms with Gasteiger partial charge in [-0.05, 0) is 61.4 Å². The molecule has 0 radical (unpaired) electrons. The van der Waals surface area contributed by atoms with Gasteiger partial charge in [-0.25, -0.2) is 0 Å². The van der Waals surface area contributed by atoms with Gasteiger partial charge in [0.2, 0.25) is 0 Å². The van der Waals surface area contributed by atoms with Crippen LogP contribution in [0.1, 0.15) is 30.5 Å². The first-order chi connectivity index (χ1) is 15.1. The second-order valence-electron chi connectivity index (χ2n) is 7.18. The molecule has 1 heterocycles. The predicted octanol–water partition coefficient (Wildman–Crippen LogP) is 6.22. The zero-order chi connectivity index (χ0) is 21.8. The van der Waals surface area contributed by atoms with Crippen molar-refractivity contribution in [3.05, 3.63) is 88.4 Å². The van der Waals surface area contributed by atoms with Crippen LogP contribution < -0.4 is 14.4 Å². The zero-order valence-electron chi connectivity index (χ0n) is 17.6. The van der Waals surface area contributed by atoms with Gasteiger partial charge in [0.1, 0.15) is 6.61 Å². The van der Waals surface area contributed by atoms with E-state index in [9.17, 15) is 4.79 Å². The van der Waals surface area contributed by atoms with E-state index in [2.05, 4.69) is 0 Å². The van der Waals surface area contributed by atoms with Gasteiger partial charge in [0.15, 0.2) is 11.5 Å². The van der Waals surface area contributed by atoms with E-state index in [1.807, 2.05) is 86.7 Å². The molecular formula is C26H24ClNO3. The Morgan fingerprint density at radius 2 is 1.77 bits per heavy atom. The number of hydrogen-bond donors (Lipinski definition) is 0. The number of likely N-dealkylation sites (N-methyl/N-ethyl adjacent to an activating group) is 1. The third-order valence-corrected chi connectivity index (χ3v) is 5.37. The van der Waals surface area contributed by atoms with Crippen LogP contribution in [0.25, 0.3) is 11.6 Å². The van der Waals surface area contributed by atoms with E-state index in [0.29, 0.717) is 41.9 Å². The fraction of sp³-hybridized carbons (Fsp3) is 0.192. The van der Waals surface area contributed by atoms with Crippen molar-refractivity contribution in [3.8, 4) is 11.5 Å². The van der Waals surface area contributed by atoms with Crippen LogP contribution >= 0.6 is 11.6 Å². The van der Waals surface area contributed by atoms with Gasteiger partial charge < -0.3 is 14.4 Å². The number of fused-ring (bicyclic) bond motifs is 1. The van der Waals surface area contributed by atoms with Crippen molar-refractivity contribution in [3.63, 3.8) is 0 Å². The number of hydrogen-bond acceptors (Lipinski definition) is 3. The first-order valence-electron chi connectivity index (χ1n) is 10.4. The molecule has 3 aromatic carbocycles. The molecule has 158 valence electrons. The Labute approximate surface area is 187 Å². The van der Waals surface area contributed by atoms with Gasteiger partial charge in [-0.15, -0.1) is 0 Å². The van der Waals surface area contributed by atoms with Gasteiger partial charge in [0.05, 0.1) is 12.3 Å². The molecule has 3 aromatic rings. The lowest BCUT2D eigenvalue weighted by molar-refractivity contribution is -0.112. The Balaban J connectivity index is 1.63. The highest BCUT2D eigenvalue weighted by molar-refractivity contribution is 6.35. The monoisotopic (exact) mass is 433 g/mol. The second-order valence-corrected chi connectivity index (χ2v) is 7.62. The number of carbonyl (C=O) groups is 1. The van der Waals surface area contributed by atoms with Crippen LogP contribution in [0.5, 0.6) is 11.5 Å². The summed E-state index contributed by atoms with van der Waals surface area (Å²) in [6, 6.07) is 21.2. The lowest BCUT2D eigenvalue weighted by atomic mass is 10.0. The van der Waals surface area contributed by atoms with Crippen molar-refractivity contribution >= 4 is 34.8 Å². The Hall–Kier alpha value is -3.24. The Kier molecular flexibility index (Phi) is 6.28. The highest BCUT2D eigenvalue weighted by atomic mass is 35.5. The number of rotatable bonds is 7. The molecule has 0 spiro atoms. The zero-order valence-corrected chi connectivity index (χ0v) is 18.4. The van der Waals surface area contributed by atoms with Crippen LogP contribution in [-0.2, 0) is 11.4 Å². The summed E-state index contributed by atoms with van der Waals surface area (Å²) in [7, 11) is 0. The average Bonchev–Trinajstić information content (AvgIpc) is 3.04. The van der Waals surface area contributed by atoms with Crippen LogP contribution in [0.2, 0.25) is 5.02 Å². The maximum Gasteiger partial charge on any atom is 0.258 e. The maximum absolute atomic E-state index is 13.0. The number of ether oxygens (including phenoxy) is 2. The molecule has 31 heavy (non-hydrogen) atoms. The topological polar surface area (TPSA) is 38.8 Å². The molecule has 0 saturated heterocycles. The van der Waals surface area contributed by atoms with E-state index in [4.69, 9.17) is 21.1 Å². The minimum absolute atomic E-state index is 0.0166. The van der Waals surface area contributed by atoms with E-state index < -0.39 is 0 Å². The van der Waals surface area contributed by atoms with Crippen molar-refractivity contribution in [1.82, 2.24) is 0 Å². The minimum atomic E-state index is 0.0166. The molecule has 4 nitrogen and oxygen atoms in total. The summed E-state index contributed by atoms with van der Waals surface area (Å²) < 4.78 is 11.8. The predicted molar refractivity (Wildman–Crippen MR) is 126 cm³/mol. The summed E-state index contributed by atoms with van der Waals surface area (Å²) in [4.78, 5) is 14.8. The maximum atomic E-state index is 13.0. The standard InChI is InChI=1S/C26H24ClNO3/c1-3-28-23-11-6-5-10-21(23)22(26(28)29)15-18-12-13-24(25(16-18)30-4-2)31-17-19-8-7-9-20(27)14-19/h5-16H,3-4,17H2,1-2H3/b22-15-. The van der Waals surface area contributed by atoms with Crippen LogP contribution in [-0.4, -0.2) is 19.1 Å². The van der Waals surface area contributed by atoms with E-state index in [1.54, 1.807) is 4.90 Å². The molecule has 0 atom stereocenters. The van der Waals surface area contributed by atoms with E-state index in [1.165, 1.54) is 0 Å². The third-order valence-electron chi connectivity index (χ3n) is 5.14. The van der Waals surface area contributed by atoms with Gasteiger partial charge in [-0.3, -0.25) is 4.79 Å². The van der Waals surface area contributed by atoms with Gasteiger partial charge in [0.25, 0.3) is 5.91 Å². The molecule has 0 bridgehead atoms. The SMILES string of the molecule is CCOc1cc(/C=C2\C(=O)N(CC)c3ccccc32)ccc1OCc1cccc(Cl)c1. The van der Waals surface area contributed by atoms with Crippen molar-refractivity contribution in [1.29, 1.82) is 0 Å². The number of para-hydroxylation sites is 1. The van der Waals surface area contributed by atoms with Gasteiger partial charge in [-0.1, -0.05) is 48.0 Å². The van der Waals surface area contributed by atoms with Crippen molar-refractivity contribution in [2.45, 2.75) is 20.5 Å². The molecule has 0 fully saturated rings. The lowest BCUT2D eigenvalue weighted by Gasteiger charge is -2.14. The van der Waals surface area contributed by atoms with Crippen LogP contribution in [0.3, 0.4) is 0 Å². The Morgan fingerprint density at radius 3 is 2.55 bits per heavy atom. The molecule has 1 aliphatic heterocycles. The molecule has 0 saturated carbocycles. The third kappa shape index (κ3) is 4.44. The summed E-state index contributed by atoms with van der Waals surface area (Å²) in [6.07, 6.45) is 1.92. The van der Waals surface area contributed by atoms with Gasteiger partial charge >= 0.3 is 0 Å². The first kappa shape index (κ1) is 21.0. The molecule has 1 aliphatic rings. The summed E-state index contributed by atoms with van der Waals surface area (Å²) in [6.45, 7) is 5.45. The average molecular weight is 434 g/mol. The number of amides is 1. The molecule has 5 heteroatoms. The molecule has 0 aliphatic carbocycles. The fourth-order valence-electron chi connectivity index (χ4n) is 3.72. The molecule has 1 amide bonds. The van der Waals surface area contributed by atoms with E-state index >= 15 is 0 Å². The molecule has 0 N–H and O–H groups in total.